The van der Waals surface area contributed by atoms with Crippen LogP contribution in [-0.4, -0.2) is 10.9 Å². The number of amides is 1. The molecule has 1 amide bonds. The van der Waals surface area contributed by atoms with E-state index in [1.165, 1.54) is 17.4 Å². The summed E-state index contributed by atoms with van der Waals surface area (Å²) in [5.74, 6) is 0.0151. The number of benzene rings is 2. The minimum absolute atomic E-state index is 0.0399. The Bertz CT molecular complexity index is 1060. The maximum Gasteiger partial charge on any atom is 0.268 e. The van der Waals surface area contributed by atoms with Crippen molar-refractivity contribution in [3.05, 3.63) is 81.3 Å². The Balaban J connectivity index is 1.70. The lowest BCUT2D eigenvalue weighted by molar-refractivity contribution is -0.112. The first-order valence-corrected chi connectivity index (χ1v) is 9.62. The van der Waals surface area contributed by atoms with Crippen LogP contribution in [-0.2, 0) is 11.4 Å². The van der Waals surface area contributed by atoms with Gasteiger partial charge in [0.15, 0.2) is 5.13 Å². The van der Waals surface area contributed by atoms with Gasteiger partial charge in [0.1, 0.15) is 24.0 Å². The molecule has 28 heavy (non-hydrogen) atoms. The van der Waals surface area contributed by atoms with E-state index in [0.29, 0.717) is 28.1 Å². The van der Waals surface area contributed by atoms with Crippen molar-refractivity contribution in [2.75, 3.05) is 5.32 Å². The number of halogens is 1. The summed E-state index contributed by atoms with van der Waals surface area (Å²) in [5.41, 5.74) is 2.42. The van der Waals surface area contributed by atoms with Gasteiger partial charge >= 0.3 is 0 Å². The third kappa shape index (κ3) is 5.19. The molecule has 0 aliphatic rings. The molecular formula is C21H16ClN3O2S. The van der Waals surface area contributed by atoms with E-state index in [1.54, 1.807) is 18.2 Å². The van der Waals surface area contributed by atoms with Crippen LogP contribution in [0.3, 0.4) is 0 Å². The lowest BCUT2D eigenvalue weighted by Gasteiger charge is -2.09. The fourth-order valence-electron chi connectivity index (χ4n) is 2.35. The fourth-order valence-corrected chi connectivity index (χ4v) is 3.28. The third-order valence-electron chi connectivity index (χ3n) is 3.71. The van der Waals surface area contributed by atoms with Gasteiger partial charge in [-0.15, -0.1) is 11.3 Å². The number of nitrogens with zero attached hydrogens (tertiary/aromatic N) is 2. The molecule has 1 aromatic heterocycles. The van der Waals surface area contributed by atoms with Crippen LogP contribution in [0.5, 0.6) is 5.75 Å². The number of ether oxygens (including phenoxy) is 1. The lowest BCUT2D eigenvalue weighted by atomic mass is 10.1. The van der Waals surface area contributed by atoms with Gasteiger partial charge in [0.25, 0.3) is 5.91 Å². The van der Waals surface area contributed by atoms with Crippen LogP contribution < -0.4 is 10.1 Å². The second-order valence-corrected chi connectivity index (χ2v) is 7.15. The van der Waals surface area contributed by atoms with Crippen molar-refractivity contribution in [2.24, 2.45) is 0 Å². The number of aromatic nitrogens is 1. The van der Waals surface area contributed by atoms with Gasteiger partial charge < -0.3 is 4.74 Å². The molecule has 0 saturated heterocycles. The van der Waals surface area contributed by atoms with Gasteiger partial charge in [-0.2, -0.15) is 5.26 Å². The SMILES string of the molecule is Cc1csc(NC(=O)/C(C#N)=C\c2ccc(OCc3ccccc3)c(Cl)c2)n1. The molecule has 0 aliphatic carbocycles. The monoisotopic (exact) mass is 409 g/mol. The van der Waals surface area contributed by atoms with Gasteiger partial charge in [-0.3, -0.25) is 10.1 Å². The number of carbonyl (C=O) groups excluding carboxylic acids is 1. The molecule has 0 fully saturated rings. The zero-order valence-electron chi connectivity index (χ0n) is 15.0. The largest absolute Gasteiger partial charge is 0.487 e. The maximum absolute atomic E-state index is 12.3. The molecule has 0 spiro atoms. The van der Waals surface area contributed by atoms with E-state index in [2.05, 4.69) is 10.3 Å². The van der Waals surface area contributed by atoms with Crippen molar-refractivity contribution in [1.29, 1.82) is 5.26 Å². The molecule has 0 atom stereocenters. The molecule has 1 N–H and O–H groups in total. The van der Waals surface area contributed by atoms with Gasteiger partial charge in [0.05, 0.1) is 10.7 Å². The zero-order chi connectivity index (χ0) is 19.9. The van der Waals surface area contributed by atoms with E-state index >= 15 is 0 Å². The standard InChI is InChI=1S/C21H16ClN3O2S/c1-14-13-28-21(24-14)25-20(26)17(11-23)9-16-7-8-19(18(22)10-16)27-12-15-5-3-2-4-6-15/h2-10,13H,12H2,1H3,(H,24,25,26)/b17-9-. The third-order valence-corrected chi connectivity index (χ3v) is 4.88. The van der Waals surface area contributed by atoms with Crippen molar-refractivity contribution in [2.45, 2.75) is 13.5 Å². The number of rotatable bonds is 6. The first kappa shape index (κ1) is 19.6. The summed E-state index contributed by atoms with van der Waals surface area (Å²) in [6.45, 7) is 2.23. The summed E-state index contributed by atoms with van der Waals surface area (Å²) in [5, 5.41) is 14.6. The molecule has 3 rings (SSSR count). The molecule has 0 radical (unpaired) electrons. The van der Waals surface area contributed by atoms with Gasteiger partial charge in [-0.1, -0.05) is 48.0 Å². The molecule has 0 aliphatic heterocycles. The minimum Gasteiger partial charge on any atom is -0.487 e. The predicted molar refractivity (Wildman–Crippen MR) is 111 cm³/mol. The number of hydrogen-bond acceptors (Lipinski definition) is 5. The quantitative estimate of drug-likeness (QED) is 0.446. The van der Waals surface area contributed by atoms with Crippen molar-refractivity contribution >= 4 is 40.1 Å². The molecular weight excluding hydrogens is 394 g/mol. The van der Waals surface area contributed by atoms with E-state index in [-0.39, 0.29) is 5.57 Å². The number of thiazole rings is 1. The zero-order valence-corrected chi connectivity index (χ0v) is 16.6. The second kappa shape index (κ2) is 9.18. The van der Waals surface area contributed by atoms with Crippen LogP contribution in [0, 0.1) is 18.3 Å². The molecule has 1 heterocycles. The summed E-state index contributed by atoms with van der Waals surface area (Å²) in [4.78, 5) is 16.4. The second-order valence-electron chi connectivity index (χ2n) is 5.88. The Kier molecular flexibility index (Phi) is 6.43. The van der Waals surface area contributed by atoms with Gasteiger partial charge in [0.2, 0.25) is 0 Å². The summed E-state index contributed by atoms with van der Waals surface area (Å²) < 4.78 is 5.73. The van der Waals surface area contributed by atoms with Crippen LogP contribution >= 0.6 is 22.9 Å². The first-order chi connectivity index (χ1) is 13.5. The minimum atomic E-state index is -0.516. The average Bonchev–Trinajstić information content (AvgIpc) is 3.10. The van der Waals surface area contributed by atoms with Crippen LogP contribution in [0.4, 0.5) is 5.13 Å². The topological polar surface area (TPSA) is 75.0 Å². The highest BCUT2D eigenvalue weighted by Gasteiger charge is 2.12. The Labute approximate surface area is 171 Å². The molecule has 0 saturated carbocycles. The summed E-state index contributed by atoms with van der Waals surface area (Å²) in [7, 11) is 0. The number of nitriles is 1. The van der Waals surface area contributed by atoms with Crippen molar-refractivity contribution in [1.82, 2.24) is 4.98 Å². The molecule has 140 valence electrons. The highest BCUT2D eigenvalue weighted by atomic mass is 35.5. The normalized spacial score (nSPS) is 11.0. The van der Waals surface area contributed by atoms with Crippen LogP contribution in [0.2, 0.25) is 5.02 Å². The predicted octanol–water partition coefficient (Wildman–Crippen LogP) is 5.23. The van der Waals surface area contributed by atoms with E-state index in [9.17, 15) is 10.1 Å². The number of carbonyl (C=O) groups is 1. The first-order valence-electron chi connectivity index (χ1n) is 8.36. The maximum atomic E-state index is 12.3. The van der Waals surface area contributed by atoms with E-state index in [1.807, 2.05) is 48.7 Å². The van der Waals surface area contributed by atoms with Crippen molar-refractivity contribution in [3.8, 4) is 11.8 Å². The average molecular weight is 410 g/mol. The summed E-state index contributed by atoms with van der Waals surface area (Å²) >= 11 is 7.59. The molecule has 7 heteroatoms. The number of nitrogens with one attached hydrogen (secondary N) is 1. The smallest absolute Gasteiger partial charge is 0.268 e. The Morgan fingerprint density at radius 1 is 1.32 bits per heavy atom. The van der Waals surface area contributed by atoms with Crippen LogP contribution in [0.15, 0.2) is 59.5 Å². The van der Waals surface area contributed by atoms with Crippen LogP contribution in [0.25, 0.3) is 6.08 Å². The summed E-state index contributed by atoms with van der Waals surface area (Å²) in [6, 6.07) is 16.8. The Morgan fingerprint density at radius 3 is 2.75 bits per heavy atom. The number of anilines is 1. The molecule has 0 unspecified atom stereocenters. The molecule has 0 bridgehead atoms. The highest BCUT2D eigenvalue weighted by molar-refractivity contribution is 7.13. The van der Waals surface area contributed by atoms with E-state index in [0.717, 1.165) is 11.3 Å². The fraction of sp³-hybridized carbons (Fsp3) is 0.0952. The lowest BCUT2D eigenvalue weighted by Crippen LogP contribution is -2.13. The summed E-state index contributed by atoms with van der Waals surface area (Å²) in [6.07, 6.45) is 1.47. The Hall–Kier alpha value is -3.14. The van der Waals surface area contributed by atoms with E-state index in [4.69, 9.17) is 16.3 Å². The molecule has 5 nitrogen and oxygen atoms in total. The van der Waals surface area contributed by atoms with Crippen molar-refractivity contribution < 1.29 is 9.53 Å². The highest BCUT2D eigenvalue weighted by Crippen LogP contribution is 2.27. The molecule has 2 aromatic carbocycles. The van der Waals surface area contributed by atoms with Crippen LogP contribution in [0.1, 0.15) is 16.8 Å². The van der Waals surface area contributed by atoms with Gasteiger partial charge in [-0.25, -0.2) is 4.98 Å². The molecule has 3 aromatic rings. The van der Waals surface area contributed by atoms with Crippen molar-refractivity contribution in [3.63, 3.8) is 0 Å². The van der Waals surface area contributed by atoms with Gasteiger partial charge in [0, 0.05) is 5.38 Å². The Morgan fingerprint density at radius 2 is 2.11 bits per heavy atom. The van der Waals surface area contributed by atoms with Gasteiger partial charge in [-0.05, 0) is 36.3 Å². The number of hydrogen-bond donors (Lipinski definition) is 1. The van der Waals surface area contributed by atoms with E-state index < -0.39 is 5.91 Å². The number of aryl methyl sites for hydroxylation is 1.